The Hall–Kier alpha value is -1.95. The van der Waals surface area contributed by atoms with Crippen LogP contribution in [-0.2, 0) is 0 Å². The van der Waals surface area contributed by atoms with E-state index < -0.39 is 0 Å². The first-order valence-electron chi connectivity index (χ1n) is 4.43. The number of rotatable bonds is 2. The van der Waals surface area contributed by atoms with Crippen molar-refractivity contribution < 1.29 is 4.42 Å². The molecule has 1 aromatic heterocycles. The number of anilines is 1. The zero-order valence-electron chi connectivity index (χ0n) is 7.82. The lowest BCUT2D eigenvalue weighted by molar-refractivity contribution is 0.616. The van der Waals surface area contributed by atoms with E-state index in [-0.39, 0.29) is 6.04 Å². The van der Waals surface area contributed by atoms with E-state index in [9.17, 15) is 0 Å². The van der Waals surface area contributed by atoms with E-state index >= 15 is 0 Å². The van der Waals surface area contributed by atoms with E-state index in [2.05, 4.69) is 11.4 Å². The summed E-state index contributed by atoms with van der Waals surface area (Å²) in [7, 11) is 0. The van der Waals surface area contributed by atoms with Crippen molar-refractivity contribution in [3.8, 4) is 6.07 Å². The molecular formula is C11H10N2O. The summed E-state index contributed by atoms with van der Waals surface area (Å²) in [6, 6.07) is 9.63. The average Bonchev–Trinajstić information content (AvgIpc) is 2.62. The zero-order valence-corrected chi connectivity index (χ0v) is 7.82. The van der Waals surface area contributed by atoms with Gasteiger partial charge in [0.15, 0.2) is 0 Å². The normalized spacial score (nSPS) is 12.3. The summed E-state index contributed by atoms with van der Waals surface area (Å²) in [6.07, 6.45) is 1.64. The molecule has 3 nitrogen and oxygen atoms in total. The molecule has 2 aromatic rings. The van der Waals surface area contributed by atoms with Crippen molar-refractivity contribution in [1.29, 1.82) is 5.26 Å². The molecule has 0 spiro atoms. The van der Waals surface area contributed by atoms with Crippen LogP contribution in [0.3, 0.4) is 0 Å². The van der Waals surface area contributed by atoms with Crippen LogP contribution < -0.4 is 5.32 Å². The Morgan fingerprint density at radius 3 is 3.00 bits per heavy atom. The quantitative estimate of drug-likeness (QED) is 0.784. The summed E-state index contributed by atoms with van der Waals surface area (Å²) in [6.45, 7) is 1.81. The van der Waals surface area contributed by atoms with Gasteiger partial charge in [-0.15, -0.1) is 0 Å². The predicted molar refractivity (Wildman–Crippen MR) is 54.9 cm³/mol. The van der Waals surface area contributed by atoms with Crippen LogP contribution in [0.25, 0.3) is 11.0 Å². The lowest BCUT2D eigenvalue weighted by atomic mass is 10.2. The number of nitrogens with one attached hydrogen (secondary N) is 1. The number of fused-ring (bicyclic) bond motifs is 1. The topological polar surface area (TPSA) is 49.0 Å². The third-order valence-electron chi connectivity index (χ3n) is 2.05. The Morgan fingerprint density at radius 2 is 2.21 bits per heavy atom. The second-order valence-electron chi connectivity index (χ2n) is 3.14. The maximum Gasteiger partial charge on any atom is 0.136 e. The Kier molecular flexibility index (Phi) is 2.11. The molecule has 0 bridgehead atoms. The zero-order chi connectivity index (χ0) is 9.97. The molecule has 1 atom stereocenters. The predicted octanol–water partition coefficient (Wildman–Crippen LogP) is 2.76. The molecule has 2 rings (SSSR count). The molecule has 0 radical (unpaired) electrons. The fourth-order valence-electron chi connectivity index (χ4n) is 1.36. The number of para-hydroxylation sites is 1. The smallest absolute Gasteiger partial charge is 0.136 e. The van der Waals surface area contributed by atoms with E-state index in [1.807, 2.05) is 31.2 Å². The van der Waals surface area contributed by atoms with Crippen LogP contribution in [0.2, 0.25) is 0 Å². The summed E-state index contributed by atoms with van der Waals surface area (Å²) in [5, 5.41) is 12.7. The fraction of sp³-hybridized carbons (Fsp3) is 0.182. The van der Waals surface area contributed by atoms with Gasteiger partial charge in [0.25, 0.3) is 0 Å². The maximum absolute atomic E-state index is 8.66. The molecular weight excluding hydrogens is 176 g/mol. The van der Waals surface area contributed by atoms with Gasteiger partial charge in [0.05, 0.1) is 11.8 Å². The van der Waals surface area contributed by atoms with Crippen molar-refractivity contribution in [3.63, 3.8) is 0 Å². The number of hydrogen-bond acceptors (Lipinski definition) is 3. The molecule has 1 aromatic carbocycles. The summed E-state index contributed by atoms with van der Waals surface area (Å²) < 4.78 is 5.32. The van der Waals surface area contributed by atoms with Gasteiger partial charge in [-0.1, -0.05) is 12.1 Å². The second-order valence-corrected chi connectivity index (χ2v) is 3.14. The van der Waals surface area contributed by atoms with E-state index in [4.69, 9.17) is 9.68 Å². The third kappa shape index (κ3) is 1.42. The van der Waals surface area contributed by atoms with Gasteiger partial charge in [-0.05, 0) is 19.1 Å². The second kappa shape index (κ2) is 3.43. The molecule has 0 saturated carbocycles. The first-order chi connectivity index (χ1) is 6.81. The number of nitrogens with zero attached hydrogens (tertiary/aromatic N) is 1. The highest BCUT2D eigenvalue weighted by atomic mass is 16.3. The number of nitriles is 1. The SMILES string of the molecule is CC(C#N)Nc1coc2ccccc12. The molecule has 3 heteroatoms. The molecule has 14 heavy (non-hydrogen) atoms. The maximum atomic E-state index is 8.66. The van der Waals surface area contributed by atoms with Crippen molar-refractivity contribution in [1.82, 2.24) is 0 Å². The van der Waals surface area contributed by atoms with Crippen molar-refractivity contribution in [3.05, 3.63) is 30.5 Å². The number of hydrogen-bond donors (Lipinski definition) is 1. The summed E-state index contributed by atoms with van der Waals surface area (Å²) in [5.41, 5.74) is 1.70. The van der Waals surface area contributed by atoms with Gasteiger partial charge >= 0.3 is 0 Å². The van der Waals surface area contributed by atoms with E-state index in [0.29, 0.717) is 0 Å². The van der Waals surface area contributed by atoms with Crippen LogP contribution in [0.4, 0.5) is 5.69 Å². The fourth-order valence-corrected chi connectivity index (χ4v) is 1.36. The minimum atomic E-state index is -0.212. The minimum Gasteiger partial charge on any atom is -0.462 e. The summed E-state index contributed by atoms with van der Waals surface area (Å²) in [5.74, 6) is 0. The Labute approximate surface area is 81.9 Å². The molecule has 1 unspecified atom stereocenters. The van der Waals surface area contributed by atoms with Crippen molar-refractivity contribution in [2.24, 2.45) is 0 Å². The van der Waals surface area contributed by atoms with Crippen LogP contribution >= 0.6 is 0 Å². The summed E-state index contributed by atoms with van der Waals surface area (Å²) >= 11 is 0. The van der Waals surface area contributed by atoms with Crippen molar-refractivity contribution in [2.45, 2.75) is 13.0 Å². The third-order valence-corrected chi connectivity index (χ3v) is 2.05. The monoisotopic (exact) mass is 186 g/mol. The molecule has 0 aliphatic rings. The van der Waals surface area contributed by atoms with Gasteiger partial charge < -0.3 is 9.73 Å². The number of furan rings is 1. The van der Waals surface area contributed by atoms with Gasteiger partial charge in [-0.3, -0.25) is 0 Å². The van der Waals surface area contributed by atoms with Crippen LogP contribution in [0.1, 0.15) is 6.92 Å². The molecule has 1 N–H and O–H groups in total. The molecule has 70 valence electrons. The largest absolute Gasteiger partial charge is 0.462 e. The molecule has 1 heterocycles. The molecule has 0 amide bonds. The van der Waals surface area contributed by atoms with E-state index in [1.165, 1.54) is 0 Å². The highest BCUT2D eigenvalue weighted by Gasteiger charge is 2.06. The lowest BCUT2D eigenvalue weighted by Gasteiger charge is -2.04. The van der Waals surface area contributed by atoms with Crippen molar-refractivity contribution in [2.75, 3.05) is 5.32 Å². The van der Waals surface area contributed by atoms with Gasteiger partial charge in [0.2, 0.25) is 0 Å². The standard InChI is InChI=1S/C11H10N2O/c1-8(6-12)13-10-7-14-11-5-3-2-4-9(10)11/h2-5,7-8,13H,1H3. The van der Waals surface area contributed by atoms with E-state index in [1.54, 1.807) is 6.26 Å². The highest BCUT2D eigenvalue weighted by molar-refractivity contribution is 5.90. The molecule has 0 fully saturated rings. The average molecular weight is 186 g/mol. The first kappa shape index (κ1) is 8.64. The Bertz CT molecular complexity index is 481. The van der Waals surface area contributed by atoms with Gasteiger partial charge in [-0.2, -0.15) is 5.26 Å². The summed E-state index contributed by atoms with van der Waals surface area (Å²) in [4.78, 5) is 0. The minimum absolute atomic E-state index is 0.212. The first-order valence-corrected chi connectivity index (χ1v) is 4.43. The molecule has 0 aliphatic heterocycles. The van der Waals surface area contributed by atoms with Crippen LogP contribution in [0.15, 0.2) is 34.9 Å². The van der Waals surface area contributed by atoms with Gasteiger partial charge in [-0.25, -0.2) is 0 Å². The van der Waals surface area contributed by atoms with Crippen LogP contribution in [0, 0.1) is 11.3 Å². The van der Waals surface area contributed by atoms with Gasteiger partial charge in [0.1, 0.15) is 17.9 Å². The van der Waals surface area contributed by atoms with E-state index in [0.717, 1.165) is 16.7 Å². The Morgan fingerprint density at radius 1 is 1.43 bits per heavy atom. The molecule has 0 saturated heterocycles. The van der Waals surface area contributed by atoms with Gasteiger partial charge in [0, 0.05) is 5.39 Å². The number of benzene rings is 1. The lowest BCUT2D eigenvalue weighted by Crippen LogP contribution is -2.11. The van der Waals surface area contributed by atoms with Crippen LogP contribution in [0.5, 0.6) is 0 Å². The van der Waals surface area contributed by atoms with Crippen molar-refractivity contribution >= 4 is 16.7 Å². The Balaban J connectivity index is 2.39. The molecule has 0 aliphatic carbocycles. The van der Waals surface area contributed by atoms with Crippen LogP contribution in [-0.4, -0.2) is 6.04 Å². The highest BCUT2D eigenvalue weighted by Crippen LogP contribution is 2.25.